The average Bonchev–Trinajstić information content (AvgIpc) is 2.41. The number of rotatable bonds is 7. The summed E-state index contributed by atoms with van der Waals surface area (Å²) in [5, 5.41) is 8.51. The molecule has 0 aliphatic carbocycles. The van der Waals surface area contributed by atoms with E-state index in [1.165, 1.54) is 12.5 Å². The molecule has 0 saturated heterocycles. The third-order valence-electron chi connectivity index (χ3n) is 2.54. The van der Waals surface area contributed by atoms with Gasteiger partial charge in [0.1, 0.15) is 0 Å². The van der Waals surface area contributed by atoms with Gasteiger partial charge in [-0.25, -0.2) is 0 Å². The van der Waals surface area contributed by atoms with Gasteiger partial charge in [0.15, 0.2) is 11.5 Å². The molecule has 18 heavy (non-hydrogen) atoms. The first-order chi connectivity index (χ1) is 8.81. The maximum atomic E-state index is 8.51. The lowest BCUT2D eigenvalue weighted by atomic mass is 10.2. The molecule has 0 radical (unpaired) electrons. The van der Waals surface area contributed by atoms with Crippen LogP contribution in [0.2, 0.25) is 0 Å². The number of nitrogens with zero attached hydrogens (tertiary/aromatic N) is 1. The molecule has 1 rings (SSSR count). The Labute approximate surface area is 109 Å². The highest BCUT2D eigenvalue weighted by Crippen LogP contribution is 2.28. The summed E-state index contributed by atoms with van der Waals surface area (Å²) in [6, 6.07) is 7.61. The fraction of sp³-hybridized carbons (Fsp3) is 0.400. The standard InChI is InChI=1S/C15H19NO2/c1-3-4-5-11-18-15-12-13(7-6-10-16)8-9-14(15)17-2/h6-9,12H,3-5,11H2,1-2H3/b7-6+. The summed E-state index contributed by atoms with van der Waals surface area (Å²) in [7, 11) is 1.62. The molecule has 0 bridgehead atoms. The van der Waals surface area contributed by atoms with Crippen LogP contribution in [0.4, 0.5) is 0 Å². The first kappa shape index (κ1) is 14.1. The van der Waals surface area contributed by atoms with Crippen molar-refractivity contribution in [3.05, 3.63) is 29.8 Å². The van der Waals surface area contributed by atoms with Crippen molar-refractivity contribution in [2.45, 2.75) is 26.2 Å². The zero-order chi connectivity index (χ0) is 13.2. The van der Waals surface area contributed by atoms with Gasteiger partial charge < -0.3 is 9.47 Å². The molecule has 0 spiro atoms. The van der Waals surface area contributed by atoms with Gasteiger partial charge in [0, 0.05) is 6.08 Å². The fourth-order valence-corrected chi connectivity index (χ4v) is 1.58. The molecule has 0 amide bonds. The van der Waals surface area contributed by atoms with Crippen LogP contribution in [0, 0.1) is 11.3 Å². The number of nitriles is 1. The Balaban J connectivity index is 2.73. The molecule has 0 aromatic heterocycles. The van der Waals surface area contributed by atoms with Gasteiger partial charge in [-0.3, -0.25) is 0 Å². The highest BCUT2D eigenvalue weighted by molar-refractivity contribution is 5.57. The van der Waals surface area contributed by atoms with E-state index in [-0.39, 0.29) is 0 Å². The van der Waals surface area contributed by atoms with E-state index >= 15 is 0 Å². The first-order valence-corrected chi connectivity index (χ1v) is 6.18. The zero-order valence-corrected chi connectivity index (χ0v) is 11.0. The summed E-state index contributed by atoms with van der Waals surface area (Å²) in [6.45, 7) is 2.85. The van der Waals surface area contributed by atoms with Crippen LogP contribution in [-0.4, -0.2) is 13.7 Å². The highest BCUT2D eigenvalue weighted by Gasteiger charge is 2.04. The van der Waals surface area contributed by atoms with Gasteiger partial charge in [-0.15, -0.1) is 0 Å². The summed E-state index contributed by atoms with van der Waals surface area (Å²) in [5.41, 5.74) is 0.933. The highest BCUT2D eigenvalue weighted by atomic mass is 16.5. The van der Waals surface area contributed by atoms with Gasteiger partial charge in [0.25, 0.3) is 0 Å². The Hall–Kier alpha value is -1.95. The van der Waals surface area contributed by atoms with Gasteiger partial charge in [-0.1, -0.05) is 25.8 Å². The van der Waals surface area contributed by atoms with E-state index in [0.717, 1.165) is 29.9 Å². The van der Waals surface area contributed by atoms with Crippen molar-refractivity contribution < 1.29 is 9.47 Å². The molecule has 0 fully saturated rings. The topological polar surface area (TPSA) is 42.2 Å². The largest absolute Gasteiger partial charge is 0.493 e. The van der Waals surface area contributed by atoms with Crippen LogP contribution in [0.1, 0.15) is 31.7 Å². The molecule has 0 aliphatic heterocycles. The molecule has 0 unspecified atom stereocenters. The van der Waals surface area contributed by atoms with E-state index in [2.05, 4.69) is 6.92 Å². The van der Waals surface area contributed by atoms with Gasteiger partial charge in [-0.2, -0.15) is 5.26 Å². The molecule has 0 N–H and O–H groups in total. The Kier molecular flexibility index (Phi) is 6.42. The van der Waals surface area contributed by atoms with E-state index in [1.54, 1.807) is 13.2 Å². The van der Waals surface area contributed by atoms with E-state index in [4.69, 9.17) is 14.7 Å². The van der Waals surface area contributed by atoms with Gasteiger partial charge in [-0.05, 0) is 30.2 Å². The number of hydrogen-bond acceptors (Lipinski definition) is 3. The molecular weight excluding hydrogens is 226 g/mol. The molecule has 0 atom stereocenters. The van der Waals surface area contributed by atoms with Crippen LogP contribution in [0.15, 0.2) is 24.3 Å². The Bertz CT molecular complexity index is 433. The molecule has 96 valence electrons. The minimum atomic E-state index is 0.690. The number of methoxy groups -OCH3 is 1. The minimum Gasteiger partial charge on any atom is -0.493 e. The monoisotopic (exact) mass is 245 g/mol. The molecule has 1 aromatic carbocycles. The Morgan fingerprint density at radius 3 is 2.78 bits per heavy atom. The minimum absolute atomic E-state index is 0.690. The third kappa shape index (κ3) is 4.50. The fourth-order valence-electron chi connectivity index (χ4n) is 1.58. The second-order valence-corrected chi connectivity index (χ2v) is 3.93. The maximum absolute atomic E-state index is 8.51. The van der Waals surface area contributed by atoms with Crippen LogP contribution in [-0.2, 0) is 0 Å². The Morgan fingerprint density at radius 1 is 1.28 bits per heavy atom. The quantitative estimate of drug-likeness (QED) is 0.542. The van der Waals surface area contributed by atoms with Crippen LogP contribution in [0.5, 0.6) is 11.5 Å². The van der Waals surface area contributed by atoms with E-state index in [1.807, 2.05) is 24.3 Å². The van der Waals surface area contributed by atoms with Crippen molar-refractivity contribution >= 4 is 6.08 Å². The summed E-state index contributed by atoms with van der Waals surface area (Å²) in [4.78, 5) is 0. The van der Waals surface area contributed by atoms with Gasteiger partial charge in [0.05, 0.1) is 19.8 Å². The zero-order valence-electron chi connectivity index (χ0n) is 11.0. The number of hydrogen-bond donors (Lipinski definition) is 0. The third-order valence-corrected chi connectivity index (χ3v) is 2.54. The second kappa shape index (κ2) is 8.19. The number of ether oxygens (including phenoxy) is 2. The molecule has 3 nitrogen and oxygen atoms in total. The SMILES string of the molecule is CCCCCOc1cc(/C=C/C#N)ccc1OC. The van der Waals surface area contributed by atoms with Gasteiger partial charge >= 0.3 is 0 Å². The molecule has 1 aromatic rings. The number of allylic oxidation sites excluding steroid dienone is 1. The van der Waals surface area contributed by atoms with E-state index < -0.39 is 0 Å². The van der Waals surface area contributed by atoms with Crippen LogP contribution >= 0.6 is 0 Å². The Morgan fingerprint density at radius 2 is 2.11 bits per heavy atom. The second-order valence-electron chi connectivity index (χ2n) is 3.93. The van der Waals surface area contributed by atoms with Crippen molar-refractivity contribution in [2.75, 3.05) is 13.7 Å². The molecule has 0 saturated carbocycles. The van der Waals surface area contributed by atoms with Crippen LogP contribution < -0.4 is 9.47 Å². The first-order valence-electron chi connectivity index (χ1n) is 6.18. The van der Waals surface area contributed by atoms with Crippen molar-refractivity contribution in [3.8, 4) is 17.6 Å². The van der Waals surface area contributed by atoms with Crippen molar-refractivity contribution in [2.24, 2.45) is 0 Å². The number of benzene rings is 1. The predicted molar refractivity (Wildman–Crippen MR) is 72.7 cm³/mol. The lowest BCUT2D eigenvalue weighted by Crippen LogP contribution is -1.99. The van der Waals surface area contributed by atoms with Gasteiger partial charge in [0.2, 0.25) is 0 Å². The molecular formula is C15H19NO2. The average molecular weight is 245 g/mol. The summed E-state index contributed by atoms with van der Waals surface area (Å²) in [5.74, 6) is 1.45. The van der Waals surface area contributed by atoms with E-state index in [0.29, 0.717) is 6.61 Å². The molecule has 0 aliphatic rings. The van der Waals surface area contributed by atoms with E-state index in [9.17, 15) is 0 Å². The van der Waals surface area contributed by atoms with Crippen molar-refractivity contribution in [1.82, 2.24) is 0 Å². The molecule has 3 heteroatoms. The smallest absolute Gasteiger partial charge is 0.161 e. The lowest BCUT2D eigenvalue weighted by Gasteiger charge is -2.11. The number of unbranched alkanes of at least 4 members (excludes halogenated alkanes) is 2. The van der Waals surface area contributed by atoms with Crippen LogP contribution in [0.25, 0.3) is 6.08 Å². The summed E-state index contributed by atoms with van der Waals surface area (Å²) in [6.07, 6.45) is 6.57. The van der Waals surface area contributed by atoms with Crippen molar-refractivity contribution in [3.63, 3.8) is 0 Å². The summed E-state index contributed by atoms with van der Waals surface area (Å²) < 4.78 is 11.0. The lowest BCUT2D eigenvalue weighted by molar-refractivity contribution is 0.286. The van der Waals surface area contributed by atoms with Crippen molar-refractivity contribution in [1.29, 1.82) is 5.26 Å². The summed E-state index contributed by atoms with van der Waals surface area (Å²) >= 11 is 0. The maximum Gasteiger partial charge on any atom is 0.161 e. The van der Waals surface area contributed by atoms with Crippen LogP contribution in [0.3, 0.4) is 0 Å². The molecule has 0 heterocycles. The normalized spacial score (nSPS) is 10.3. The predicted octanol–water partition coefficient (Wildman–Crippen LogP) is 3.80.